The average molecular weight is 819 g/mol. The summed E-state index contributed by atoms with van der Waals surface area (Å²) in [5.41, 5.74) is 0.514. The minimum atomic E-state index is -0.0599. The molecule has 0 aromatic rings. The first-order valence-corrected chi connectivity index (χ1v) is 24.0. The molecule has 0 unspecified atom stereocenters. The van der Waals surface area contributed by atoms with E-state index in [-0.39, 0.29) is 69.2 Å². The molecular formula is C50H94N2O6. The van der Waals surface area contributed by atoms with Crippen molar-refractivity contribution in [3.63, 3.8) is 0 Å². The Morgan fingerprint density at radius 2 is 0.638 bits per heavy atom. The van der Waals surface area contributed by atoms with Crippen molar-refractivity contribution in [2.75, 3.05) is 0 Å². The quantitative estimate of drug-likeness (QED) is 0.0632. The Balaban J connectivity index is 0.000000426. The average Bonchev–Trinajstić information content (AvgIpc) is 3.01. The molecule has 0 atom stereocenters. The molecule has 58 heavy (non-hydrogen) atoms. The largest absolute Gasteiger partial charge is 0.462 e. The summed E-state index contributed by atoms with van der Waals surface area (Å²) in [5.74, 6) is -0.0997. The summed E-state index contributed by atoms with van der Waals surface area (Å²) in [6.45, 7) is 28.8. The van der Waals surface area contributed by atoms with Gasteiger partial charge in [-0.05, 0) is 105 Å². The van der Waals surface area contributed by atoms with E-state index in [1.807, 2.05) is 0 Å². The zero-order valence-electron chi connectivity index (χ0n) is 40.4. The summed E-state index contributed by atoms with van der Waals surface area (Å²) < 4.78 is 17.4. The molecular weight excluding hydrogens is 725 g/mol. The van der Waals surface area contributed by atoms with Gasteiger partial charge in [-0.3, -0.25) is 14.4 Å². The highest BCUT2D eigenvalue weighted by Crippen LogP contribution is 2.46. The summed E-state index contributed by atoms with van der Waals surface area (Å²) >= 11 is 0. The zero-order valence-corrected chi connectivity index (χ0v) is 40.4. The number of hydrogen-bond acceptors (Lipinski definition) is 8. The fourth-order valence-electron chi connectivity index (χ4n) is 11.0. The normalized spacial score (nSPS) is 22.3. The van der Waals surface area contributed by atoms with Crippen molar-refractivity contribution in [3.05, 3.63) is 0 Å². The summed E-state index contributed by atoms with van der Waals surface area (Å²) in [6.07, 6.45) is 25.9. The van der Waals surface area contributed by atoms with Crippen LogP contribution in [0.25, 0.3) is 0 Å². The van der Waals surface area contributed by atoms with Crippen LogP contribution in [0.3, 0.4) is 0 Å². The SMILES string of the molecule is CC1(C)CC(OC(=O)CCCCCCCCC(=O)OC2CC(C)(C)NC(C)(C)C2)CC(C)(C)C1.CCCCCCCCCCCC(=O)OC1CC(C)(C)NC(C)(C)C1. The highest BCUT2D eigenvalue weighted by Gasteiger charge is 2.41. The van der Waals surface area contributed by atoms with Crippen LogP contribution in [0, 0.1) is 10.8 Å². The standard InChI is InChI=1S/C29H53NO4.C21H41NO2/c1-26(2)17-22(18-27(3,4)21-26)33-24(31)15-13-11-9-10-12-14-16-25(32)34-23-19-28(5,6)30-29(7,8)20-23;1-6-7-8-9-10-11-12-13-14-15-19(23)24-18-16-20(2,3)22-21(4,5)17-18/h22-23,30H,9-21H2,1-8H3;18,22H,6-17H2,1-5H3. The number of rotatable bonds is 22. The van der Waals surface area contributed by atoms with E-state index in [1.165, 1.54) is 51.4 Å². The lowest BCUT2D eigenvalue weighted by Gasteiger charge is -2.46. The Morgan fingerprint density at radius 1 is 0.397 bits per heavy atom. The molecule has 340 valence electrons. The van der Waals surface area contributed by atoms with Crippen LogP contribution in [-0.2, 0) is 28.6 Å². The number of hydrogen-bond donors (Lipinski definition) is 2. The topological polar surface area (TPSA) is 103 Å². The van der Waals surface area contributed by atoms with Crippen LogP contribution >= 0.6 is 0 Å². The van der Waals surface area contributed by atoms with Crippen LogP contribution < -0.4 is 10.6 Å². The third kappa shape index (κ3) is 23.9. The number of carbonyl (C=O) groups is 3. The number of esters is 3. The van der Waals surface area contributed by atoms with Gasteiger partial charge in [0.05, 0.1) is 0 Å². The van der Waals surface area contributed by atoms with Gasteiger partial charge in [-0.15, -0.1) is 0 Å². The zero-order chi connectivity index (χ0) is 43.7. The van der Waals surface area contributed by atoms with E-state index in [2.05, 4.69) is 101 Å². The number of unbranched alkanes of at least 4 members (excludes halogenated alkanes) is 13. The van der Waals surface area contributed by atoms with Crippen molar-refractivity contribution >= 4 is 17.9 Å². The van der Waals surface area contributed by atoms with Crippen LogP contribution in [0.2, 0.25) is 0 Å². The van der Waals surface area contributed by atoms with E-state index in [1.54, 1.807) is 0 Å². The van der Waals surface area contributed by atoms with Crippen LogP contribution in [0.15, 0.2) is 0 Å². The summed E-state index contributed by atoms with van der Waals surface area (Å²) in [7, 11) is 0. The Hall–Kier alpha value is -1.67. The van der Waals surface area contributed by atoms with Crippen molar-refractivity contribution < 1.29 is 28.6 Å². The number of nitrogens with one attached hydrogen (secondary N) is 2. The van der Waals surface area contributed by atoms with E-state index in [9.17, 15) is 14.4 Å². The van der Waals surface area contributed by atoms with E-state index in [0.29, 0.717) is 19.3 Å². The Morgan fingerprint density at radius 3 is 0.914 bits per heavy atom. The van der Waals surface area contributed by atoms with Crippen molar-refractivity contribution in [1.29, 1.82) is 0 Å². The third-order valence-electron chi connectivity index (χ3n) is 12.2. The first-order valence-electron chi connectivity index (χ1n) is 24.0. The summed E-state index contributed by atoms with van der Waals surface area (Å²) in [6, 6.07) is 0. The van der Waals surface area contributed by atoms with Gasteiger partial charge in [0, 0.05) is 67.1 Å². The molecule has 1 saturated carbocycles. The minimum absolute atomic E-state index is 0.00329. The second-order valence-corrected chi connectivity index (χ2v) is 23.1. The second kappa shape index (κ2) is 24.1. The smallest absolute Gasteiger partial charge is 0.306 e. The lowest BCUT2D eigenvalue weighted by molar-refractivity contribution is -0.156. The molecule has 0 spiro atoms. The van der Waals surface area contributed by atoms with Crippen molar-refractivity contribution in [2.45, 2.75) is 291 Å². The highest BCUT2D eigenvalue weighted by molar-refractivity contribution is 5.70. The van der Waals surface area contributed by atoms with Gasteiger partial charge in [0.2, 0.25) is 0 Å². The van der Waals surface area contributed by atoms with Crippen LogP contribution in [0.1, 0.15) is 251 Å². The number of carbonyl (C=O) groups excluding carboxylic acids is 3. The van der Waals surface area contributed by atoms with Gasteiger partial charge in [-0.2, -0.15) is 0 Å². The highest BCUT2D eigenvalue weighted by atomic mass is 16.6. The Bertz CT molecular complexity index is 1110. The molecule has 8 heteroatoms. The van der Waals surface area contributed by atoms with E-state index >= 15 is 0 Å². The lowest BCUT2D eigenvalue weighted by atomic mass is 9.64. The van der Waals surface area contributed by atoms with Gasteiger partial charge < -0.3 is 24.8 Å². The van der Waals surface area contributed by atoms with Crippen LogP contribution in [-0.4, -0.2) is 58.4 Å². The fourth-order valence-corrected chi connectivity index (χ4v) is 11.0. The fraction of sp³-hybridized carbons (Fsp3) is 0.940. The van der Waals surface area contributed by atoms with Crippen LogP contribution in [0.4, 0.5) is 0 Å². The van der Waals surface area contributed by atoms with Crippen molar-refractivity contribution in [2.24, 2.45) is 10.8 Å². The molecule has 2 saturated heterocycles. The molecule has 3 aliphatic rings. The molecule has 3 fully saturated rings. The van der Waals surface area contributed by atoms with Gasteiger partial charge in [-0.25, -0.2) is 0 Å². The molecule has 0 radical (unpaired) electrons. The molecule has 3 rings (SSSR count). The van der Waals surface area contributed by atoms with E-state index < -0.39 is 0 Å². The maximum absolute atomic E-state index is 12.3. The molecule has 2 N–H and O–H groups in total. The predicted octanol–water partition coefficient (Wildman–Crippen LogP) is 12.9. The molecule has 2 heterocycles. The first kappa shape index (κ1) is 52.5. The lowest BCUT2D eigenvalue weighted by Crippen LogP contribution is -2.59. The molecule has 0 aromatic carbocycles. The third-order valence-corrected chi connectivity index (χ3v) is 12.2. The predicted molar refractivity (Wildman–Crippen MR) is 241 cm³/mol. The Kier molecular flexibility index (Phi) is 21.8. The van der Waals surface area contributed by atoms with E-state index in [0.717, 1.165) is 89.9 Å². The minimum Gasteiger partial charge on any atom is -0.462 e. The molecule has 0 bridgehead atoms. The van der Waals surface area contributed by atoms with Crippen molar-refractivity contribution in [1.82, 2.24) is 10.6 Å². The van der Waals surface area contributed by atoms with Gasteiger partial charge in [0.1, 0.15) is 18.3 Å². The molecule has 1 aliphatic carbocycles. The summed E-state index contributed by atoms with van der Waals surface area (Å²) in [4.78, 5) is 36.7. The Labute approximate surface area is 358 Å². The van der Waals surface area contributed by atoms with Crippen molar-refractivity contribution in [3.8, 4) is 0 Å². The number of piperidine rings is 2. The maximum Gasteiger partial charge on any atom is 0.306 e. The summed E-state index contributed by atoms with van der Waals surface area (Å²) in [5, 5.41) is 7.25. The van der Waals surface area contributed by atoms with Gasteiger partial charge in [0.25, 0.3) is 0 Å². The molecule has 0 amide bonds. The molecule has 0 aromatic heterocycles. The van der Waals surface area contributed by atoms with Gasteiger partial charge in [-0.1, -0.05) is 112 Å². The number of ether oxygens (including phenoxy) is 3. The van der Waals surface area contributed by atoms with E-state index in [4.69, 9.17) is 14.2 Å². The molecule has 8 nitrogen and oxygen atoms in total. The van der Waals surface area contributed by atoms with Gasteiger partial charge >= 0.3 is 17.9 Å². The molecule has 2 aliphatic heterocycles. The first-order chi connectivity index (χ1) is 26.8. The van der Waals surface area contributed by atoms with Gasteiger partial charge in [0.15, 0.2) is 0 Å². The maximum atomic E-state index is 12.3. The van der Waals surface area contributed by atoms with Crippen LogP contribution in [0.5, 0.6) is 0 Å². The second-order valence-electron chi connectivity index (χ2n) is 23.1. The monoisotopic (exact) mass is 819 g/mol.